The Labute approximate surface area is 91.0 Å². The van der Waals surface area contributed by atoms with Crippen molar-refractivity contribution in [2.24, 2.45) is 0 Å². The minimum absolute atomic E-state index is 0.0285. The predicted octanol–water partition coefficient (Wildman–Crippen LogP) is -0.256. The number of hydrogen-bond acceptors (Lipinski definition) is 4. The van der Waals surface area contributed by atoms with E-state index in [0.29, 0.717) is 12.3 Å². The van der Waals surface area contributed by atoms with Crippen LogP contribution in [0, 0.1) is 0 Å². The molecule has 6 nitrogen and oxygen atoms in total. The van der Waals surface area contributed by atoms with Crippen LogP contribution in [0.3, 0.4) is 0 Å². The van der Waals surface area contributed by atoms with Crippen LogP contribution in [-0.4, -0.2) is 52.0 Å². The molecule has 0 aliphatic carbocycles. The number of aliphatic carboxylic acids is 1. The zero-order valence-electron chi connectivity index (χ0n) is 8.23. The van der Waals surface area contributed by atoms with E-state index in [-0.39, 0.29) is 11.8 Å². The van der Waals surface area contributed by atoms with Crippen LogP contribution in [0.5, 0.6) is 0 Å². The number of carboxylic acid groups (broad SMARTS) is 1. The summed E-state index contributed by atoms with van der Waals surface area (Å²) in [5.74, 6) is -0.873. The van der Waals surface area contributed by atoms with Gasteiger partial charge in [0.1, 0.15) is 6.04 Å². The number of carbonyl (C=O) groups is 3. The first-order chi connectivity index (χ1) is 7.00. The van der Waals surface area contributed by atoms with Gasteiger partial charge in [-0.3, -0.25) is 9.59 Å². The fraction of sp³-hybridized carbons (Fsp3) is 0.625. The van der Waals surface area contributed by atoms with Gasteiger partial charge in [0.2, 0.25) is 5.91 Å². The summed E-state index contributed by atoms with van der Waals surface area (Å²) in [6, 6.07) is -1.02. The number of carboxylic acids is 1. The van der Waals surface area contributed by atoms with Gasteiger partial charge in [-0.05, 0) is 0 Å². The lowest BCUT2D eigenvalue weighted by atomic mass is 10.2. The van der Waals surface area contributed by atoms with Crippen molar-refractivity contribution >= 4 is 28.9 Å². The van der Waals surface area contributed by atoms with Gasteiger partial charge in [-0.15, -0.1) is 0 Å². The first-order valence-electron chi connectivity index (χ1n) is 4.42. The van der Waals surface area contributed by atoms with Gasteiger partial charge in [0.25, 0.3) is 5.24 Å². The molecule has 0 spiro atoms. The smallest absolute Gasteiger partial charge is 0.328 e. The van der Waals surface area contributed by atoms with E-state index in [1.807, 2.05) is 0 Å². The van der Waals surface area contributed by atoms with Crippen LogP contribution in [0.25, 0.3) is 0 Å². The lowest BCUT2D eigenvalue weighted by Gasteiger charge is -2.20. The van der Waals surface area contributed by atoms with Gasteiger partial charge in [-0.2, -0.15) is 0 Å². The van der Waals surface area contributed by atoms with Crippen molar-refractivity contribution in [1.29, 1.82) is 0 Å². The average molecular weight is 232 g/mol. The van der Waals surface area contributed by atoms with Crippen molar-refractivity contribution in [3.05, 3.63) is 0 Å². The summed E-state index contributed by atoms with van der Waals surface area (Å²) in [7, 11) is 0. The molecular formula is C8H12N2O4S. The van der Waals surface area contributed by atoms with Gasteiger partial charge in [0, 0.05) is 19.2 Å². The third-order valence-electron chi connectivity index (χ3n) is 1.92. The number of amides is 2. The Morgan fingerprint density at radius 2 is 2.33 bits per heavy atom. The first kappa shape index (κ1) is 11.8. The zero-order chi connectivity index (χ0) is 11.4. The summed E-state index contributed by atoms with van der Waals surface area (Å²) in [5, 5.41) is 11.0. The molecule has 7 heteroatoms. The van der Waals surface area contributed by atoms with Crippen LogP contribution < -0.4 is 5.32 Å². The lowest BCUT2D eigenvalue weighted by molar-refractivity contribution is -0.141. The van der Waals surface area contributed by atoms with Gasteiger partial charge < -0.3 is 15.3 Å². The topological polar surface area (TPSA) is 86.7 Å². The van der Waals surface area contributed by atoms with Crippen molar-refractivity contribution in [3.8, 4) is 0 Å². The second kappa shape index (κ2) is 5.01. The molecule has 0 aromatic rings. The van der Waals surface area contributed by atoms with Crippen molar-refractivity contribution < 1.29 is 19.5 Å². The Morgan fingerprint density at radius 1 is 1.67 bits per heavy atom. The van der Waals surface area contributed by atoms with Crippen LogP contribution in [0.4, 0.5) is 4.79 Å². The van der Waals surface area contributed by atoms with Crippen molar-refractivity contribution in [1.82, 2.24) is 10.2 Å². The largest absolute Gasteiger partial charge is 0.480 e. The summed E-state index contributed by atoms with van der Waals surface area (Å²) in [6.07, 6.45) is 0. The molecule has 0 aromatic heterocycles. The molecule has 1 unspecified atom stereocenters. The van der Waals surface area contributed by atoms with E-state index in [2.05, 4.69) is 5.32 Å². The maximum absolute atomic E-state index is 11.2. The maximum Gasteiger partial charge on any atom is 0.328 e. The molecule has 1 rings (SSSR count). The summed E-state index contributed by atoms with van der Waals surface area (Å²) in [4.78, 5) is 34.1. The molecule has 1 aliphatic rings. The molecule has 1 heterocycles. The number of rotatable bonds is 4. The first-order valence-corrected chi connectivity index (χ1v) is 5.41. The van der Waals surface area contributed by atoms with Crippen LogP contribution >= 0.6 is 11.8 Å². The minimum atomic E-state index is -1.13. The van der Waals surface area contributed by atoms with Crippen LogP contribution in [-0.2, 0) is 9.59 Å². The van der Waals surface area contributed by atoms with Gasteiger partial charge >= 0.3 is 5.97 Å². The predicted molar refractivity (Wildman–Crippen MR) is 54.7 cm³/mol. The Kier molecular flexibility index (Phi) is 3.96. The van der Waals surface area contributed by atoms with E-state index in [4.69, 9.17) is 5.11 Å². The van der Waals surface area contributed by atoms with Crippen molar-refractivity contribution in [2.45, 2.75) is 13.0 Å². The third kappa shape index (κ3) is 3.43. The molecule has 0 aromatic carbocycles. The minimum Gasteiger partial charge on any atom is -0.480 e. The summed E-state index contributed by atoms with van der Waals surface area (Å²) < 4.78 is 0. The number of nitrogens with one attached hydrogen (secondary N) is 1. The van der Waals surface area contributed by atoms with E-state index in [1.54, 1.807) is 0 Å². The Hall–Kier alpha value is -1.24. The Balaban J connectivity index is 2.54. The van der Waals surface area contributed by atoms with E-state index < -0.39 is 17.9 Å². The average Bonchev–Trinajstić information content (AvgIpc) is 2.50. The van der Waals surface area contributed by atoms with E-state index in [0.717, 1.165) is 11.8 Å². The van der Waals surface area contributed by atoms with Crippen LogP contribution in [0.15, 0.2) is 0 Å². The quantitative estimate of drug-likeness (QED) is 0.697. The molecule has 1 saturated heterocycles. The Morgan fingerprint density at radius 3 is 2.73 bits per heavy atom. The standard InChI is InChI=1S/C8H12N2O4S/c1-5(11)9-6(7(12)13)4-10-2-3-15-8(10)14/h6H,2-4H2,1H3,(H,9,11)(H,12,13). The number of hydrogen-bond donors (Lipinski definition) is 2. The van der Waals surface area contributed by atoms with Crippen molar-refractivity contribution in [2.75, 3.05) is 18.8 Å². The molecule has 2 amide bonds. The van der Waals surface area contributed by atoms with Crippen molar-refractivity contribution in [3.63, 3.8) is 0 Å². The van der Waals surface area contributed by atoms with Gasteiger partial charge in [0.05, 0.1) is 6.54 Å². The molecule has 0 radical (unpaired) electrons. The summed E-state index contributed by atoms with van der Waals surface area (Å²) in [5.41, 5.74) is 0. The molecule has 1 aliphatic heterocycles. The number of thioether (sulfide) groups is 1. The van der Waals surface area contributed by atoms with E-state index in [1.165, 1.54) is 11.8 Å². The molecular weight excluding hydrogens is 220 g/mol. The highest BCUT2D eigenvalue weighted by molar-refractivity contribution is 8.13. The highest BCUT2D eigenvalue weighted by Crippen LogP contribution is 2.17. The normalized spacial score (nSPS) is 17.7. The Bertz CT molecular complexity index is 294. The zero-order valence-corrected chi connectivity index (χ0v) is 9.04. The molecule has 84 valence electrons. The summed E-state index contributed by atoms with van der Waals surface area (Å²) in [6.45, 7) is 1.81. The van der Waals surface area contributed by atoms with Gasteiger partial charge in [-0.25, -0.2) is 4.79 Å². The van der Waals surface area contributed by atoms with E-state index >= 15 is 0 Å². The highest BCUT2D eigenvalue weighted by Gasteiger charge is 2.27. The molecule has 1 fully saturated rings. The molecule has 2 N–H and O–H groups in total. The SMILES string of the molecule is CC(=O)NC(CN1CCSC1=O)C(=O)O. The fourth-order valence-corrected chi connectivity index (χ4v) is 2.08. The van der Waals surface area contributed by atoms with Gasteiger partial charge in [-0.1, -0.05) is 11.8 Å². The molecule has 1 atom stereocenters. The van der Waals surface area contributed by atoms with Crippen LogP contribution in [0.1, 0.15) is 6.92 Å². The monoisotopic (exact) mass is 232 g/mol. The summed E-state index contributed by atoms with van der Waals surface area (Å²) >= 11 is 1.16. The lowest BCUT2D eigenvalue weighted by Crippen LogP contribution is -2.47. The molecule has 0 saturated carbocycles. The van der Waals surface area contributed by atoms with Gasteiger partial charge in [0.15, 0.2) is 0 Å². The van der Waals surface area contributed by atoms with Crippen LogP contribution in [0.2, 0.25) is 0 Å². The third-order valence-corrected chi connectivity index (χ3v) is 2.82. The van der Waals surface area contributed by atoms with E-state index in [9.17, 15) is 14.4 Å². The second-order valence-corrected chi connectivity index (χ2v) is 4.20. The number of carbonyl (C=O) groups excluding carboxylic acids is 2. The molecule has 0 bridgehead atoms. The highest BCUT2D eigenvalue weighted by atomic mass is 32.2. The molecule has 15 heavy (non-hydrogen) atoms. The maximum atomic E-state index is 11.2. The fourth-order valence-electron chi connectivity index (χ4n) is 1.24. The second-order valence-electron chi connectivity index (χ2n) is 3.15. The number of nitrogens with zero attached hydrogens (tertiary/aromatic N) is 1.